The maximum Gasteiger partial charge on any atom is 0.0853 e. The van der Waals surface area contributed by atoms with E-state index in [0.29, 0.717) is 12.5 Å². The number of likely N-dealkylation sites (tertiary alicyclic amines) is 1. The van der Waals surface area contributed by atoms with Crippen LogP contribution in [0.3, 0.4) is 0 Å². The van der Waals surface area contributed by atoms with Crippen molar-refractivity contribution in [3.8, 4) is 0 Å². The van der Waals surface area contributed by atoms with E-state index >= 15 is 0 Å². The Bertz CT molecular complexity index is 418. The Morgan fingerprint density at radius 1 is 1.30 bits per heavy atom. The second kappa shape index (κ2) is 6.25. The maximum absolute atomic E-state index is 10.6. The normalized spacial score (nSPS) is 26.4. The molecular weight excluding hydrogens is 250 g/mol. The average Bonchev–Trinajstić information content (AvgIpc) is 2.43. The molecule has 0 aromatic heterocycles. The zero-order valence-electron chi connectivity index (χ0n) is 12.8. The van der Waals surface area contributed by atoms with Gasteiger partial charge in [0.2, 0.25) is 0 Å². The molecule has 3 atom stereocenters. The second-order valence-electron chi connectivity index (χ2n) is 6.87. The molecule has 1 aromatic carbocycles. The Morgan fingerprint density at radius 3 is 2.55 bits per heavy atom. The molecule has 112 valence electrons. The van der Waals surface area contributed by atoms with Gasteiger partial charge >= 0.3 is 0 Å². The lowest BCUT2D eigenvalue weighted by molar-refractivity contribution is -0.0205. The summed E-state index contributed by atoms with van der Waals surface area (Å²) in [6.07, 6.45) is 0.298. The highest BCUT2D eigenvalue weighted by Gasteiger charge is 2.33. The molecule has 20 heavy (non-hydrogen) atoms. The van der Waals surface area contributed by atoms with E-state index < -0.39 is 6.10 Å². The van der Waals surface area contributed by atoms with Crippen molar-refractivity contribution < 1.29 is 10.2 Å². The molecule has 0 saturated carbocycles. The van der Waals surface area contributed by atoms with Crippen molar-refractivity contribution >= 4 is 0 Å². The monoisotopic (exact) mass is 277 g/mol. The smallest absolute Gasteiger partial charge is 0.0853 e. The standard InChI is InChI=1S/C17H27NO2/c1-13-9-10-18(11-15(13)19)12-17(2,3)16(20)14-7-5-4-6-8-14/h4-8,13,15-16,19-20H,9-12H2,1-3H3. The van der Waals surface area contributed by atoms with Crippen molar-refractivity contribution in [2.45, 2.75) is 39.4 Å². The van der Waals surface area contributed by atoms with Gasteiger partial charge in [-0.3, -0.25) is 0 Å². The molecule has 1 heterocycles. The van der Waals surface area contributed by atoms with E-state index in [2.05, 4.69) is 25.7 Å². The van der Waals surface area contributed by atoms with Crippen LogP contribution in [0.1, 0.15) is 38.9 Å². The molecule has 0 bridgehead atoms. The molecule has 0 spiro atoms. The third-order valence-corrected chi connectivity index (χ3v) is 4.49. The first-order chi connectivity index (χ1) is 9.40. The van der Waals surface area contributed by atoms with Crippen LogP contribution in [0.15, 0.2) is 30.3 Å². The molecular formula is C17H27NO2. The Kier molecular flexibility index (Phi) is 4.84. The van der Waals surface area contributed by atoms with Gasteiger partial charge in [-0.1, -0.05) is 51.1 Å². The number of nitrogens with zero attached hydrogens (tertiary/aromatic N) is 1. The van der Waals surface area contributed by atoms with E-state index in [-0.39, 0.29) is 11.5 Å². The number of aliphatic hydroxyl groups is 2. The van der Waals surface area contributed by atoms with Crippen molar-refractivity contribution in [2.24, 2.45) is 11.3 Å². The number of hydrogen-bond donors (Lipinski definition) is 2. The first-order valence-electron chi connectivity index (χ1n) is 7.53. The molecule has 1 aromatic rings. The molecule has 1 aliphatic heterocycles. The van der Waals surface area contributed by atoms with Crippen molar-refractivity contribution in [1.29, 1.82) is 0 Å². The van der Waals surface area contributed by atoms with Crippen LogP contribution < -0.4 is 0 Å². The molecule has 3 unspecified atom stereocenters. The van der Waals surface area contributed by atoms with Crippen LogP contribution in [0.5, 0.6) is 0 Å². The van der Waals surface area contributed by atoms with Crippen molar-refractivity contribution in [2.75, 3.05) is 19.6 Å². The van der Waals surface area contributed by atoms with Gasteiger partial charge in [0.15, 0.2) is 0 Å². The van der Waals surface area contributed by atoms with Crippen LogP contribution in [0.2, 0.25) is 0 Å². The highest BCUT2D eigenvalue weighted by Crippen LogP contribution is 2.34. The molecule has 2 N–H and O–H groups in total. The maximum atomic E-state index is 10.6. The van der Waals surface area contributed by atoms with Gasteiger partial charge in [-0.05, 0) is 24.4 Å². The Labute approximate surface area is 122 Å². The fourth-order valence-electron chi connectivity index (χ4n) is 3.01. The number of rotatable bonds is 4. The van der Waals surface area contributed by atoms with Crippen LogP contribution >= 0.6 is 0 Å². The van der Waals surface area contributed by atoms with E-state index in [1.807, 2.05) is 30.3 Å². The molecule has 3 nitrogen and oxygen atoms in total. The summed E-state index contributed by atoms with van der Waals surface area (Å²) in [4.78, 5) is 2.27. The molecule has 1 fully saturated rings. The lowest BCUT2D eigenvalue weighted by Gasteiger charge is -2.40. The van der Waals surface area contributed by atoms with Crippen molar-refractivity contribution in [3.63, 3.8) is 0 Å². The van der Waals surface area contributed by atoms with Gasteiger partial charge in [0.1, 0.15) is 0 Å². The largest absolute Gasteiger partial charge is 0.392 e. The highest BCUT2D eigenvalue weighted by molar-refractivity contribution is 5.19. The predicted molar refractivity (Wildman–Crippen MR) is 81.4 cm³/mol. The third kappa shape index (κ3) is 3.60. The summed E-state index contributed by atoms with van der Waals surface area (Å²) in [5.74, 6) is 0.383. The van der Waals surface area contributed by atoms with Gasteiger partial charge in [0.05, 0.1) is 12.2 Å². The fraction of sp³-hybridized carbons (Fsp3) is 0.647. The zero-order valence-corrected chi connectivity index (χ0v) is 12.8. The van der Waals surface area contributed by atoms with E-state index in [0.717, 1.165) is 25.1 Å². The van der Waals surface area contributed by atoms with Gasteiger partial charge in [-0.25, -0.2) is 0 Å². The van der Waals surface area contributed by atoms with Gasteiger partial charge in [-0.15, -0.1) is 0 Å². The number of piperidine rings is 1. The summed E-state index contributed by atoms with van der Waals surface area (Å²) in [6, 6.07) is 9.83. The van der Waals surface area contributed by atoms with Crippen LogP contribution in [-0.2, 0) is 0 Å². The van der Waals surface area contributed by atoms with Crippen LogP contribution in [0.4, 0.5) is 0 Å². The lowest BCUT2D eigenvalue weighted by Crippen LogP contribution is -2.47. The topological polar surface area (TPSA) is 43.7 Å². The van der Waals surface area contributed by atoms with Gasteiger partial charge in [-0.2, -0.15) is 0 Å². The summed E-state index contributed by atoms with van der Waals surface area (Å²) in [5, 5.41) is 20.6. The number of hydrogen-bond acceptors (Lipinski definition) is 3. The number of β-amino-alcohol motifs (C(OH)–C–C–N with tert-alkyl or cyclic N) is 1. The number of aliphatic hydroxyl groups excluding tert-OH is 2. The molecule has 3 heteroatoms. The molecule has 0 radical (unpaired) electrons. The summed E-state index contributed by atoms with van der Waals surface area (Å²) < 4.78 is 0. The minimum atomic E-state index is -0.486. The van der Waals surface area contributed by atoms with Crippen LogP contribution in [-0.4, -0.2) is 40.9 Å². The zero-order chi connectivity index (χ0) is 14.8. The summed E-state index contributed by atoms with van der Waals surface area (Å²) in [7, 11) is 0. The van der Waals surface area contributed by atoms with Crippen LogP contribution in [0.25, 0.3) is 0 Å². The average molecular weight is 277 g/mol. The fourth-order valence-corrected chi connectivity index (χ4v) is 3.01. The van der Waals surface area contributed by atoms with Gasteiger partial charge in [0, 0.05) is 18.5 Å². The third-order valence-electron chi connectivity index (χ3n) is 4.49. The quantitative estimate of drug-likeness (QED) is 0.888. The molecule has 0 amide bonds. The molecule has 1 saturated heterocycles. The summed E-state index contributed by atoms with van der Waals surface area (Å²) >= 11 is 0. The first kappa shape index (κ1) is 15.5. The Hall–Kier alpha value is -0.900. The second-order valence-corrected chi connectivity index (χ2v) is 6.87. The van der Waals surface area contributed by atoms with Crippen molar-refractivity contribution in [1.82, 2.24) is 4.90 Å². The number of benzene rings is 1. The minimum absolute atomic E-state index is 0.234. The predicted octanol–water partition coefficient (Wildman–Crippen LogP) is 2.45. The van der Waals surface area contributed by atoms with Gasteiger partial charge < -0.3 is 15.1 Å². The highest BCUT2D eigenvalue weighted by atomic mass is 16.3. The minimum Gasteiger partial charge on any atom is -0.392 e. The lowest BCUT2D eigenvalue weighted by atomic mass is 9.81. The van der Waals surface area contributed by atoms with E-state index in [4.69, 9.17) is 0 Å². The summed E-state index contributed by atoms with van der Waals surface area (Å²) in [6.45, 7) is 8.80. The van der Waals surface area contributed by atoms with E-state index in [1.54, 1.807) is 0 Å². The molecule has 1 aliphatic rings. The first-order valence-corrected chi connectivity index (χ1v) is 7.53. The van der Waals surface area contributed by atoms with E-state index in [1.165, 1.54) is 0 Å². The van der Waals surface area contributed by atoms with Crippen molar-refractivity contribution in [3.05, 3.63) is 35.9 Å². The van der Waals surface area contributed by atoms with E-state index in [9.17, 15) is 10.2 Å². The Balaban J connectivity index is 2.00. The molecule has 0 aliphatic carbocycles. The van der Waals surface area contributed by atoms with Gasteiger partial charge in [0.25, 0.3) is 0 Å². The Morgan fingerprint density at radius 2 is 1.95 bits per heavy atom. The van der Waals surface area contributed by atoms with Crippen LogP contribution in [0, 0.1) is 11.3 Å². The SMILES string of the molecule is CC1CCN(CC(C)(C)C(O)c2ccccc2)CC1O. The summed E-state index contributed by atoms with van der Waals surface area (Å²) in [5.41, 5.74) is 0.727. The molecule has 2 rings (SSSR count).